The van der Waals surface area contributed by atoms with E-state index in [1.54, 1.807) is 4.90 Å². The minimum Gasteiger partial charge on any atom is -0.483 e. The fourth-order valence-electron chi connectivity index (χ4n) is 2.62. The monoisotopic (exact) mass is 325 g/mol. The van der Waals surface area contributed by atoms with Gasteiger partial charge in [-0.05, 0) is 42.0 Å². The molecule has 0 spiro atoms. The number of carbonyl (C=O) groups is 1. The van der Waals surface area contributed by atoms with Gasteiger partial charge in [0.1, 0.15) is 5.75 Å². The summed E-state index contributed by atoms with van der Waals surface area (Å²) in [4.78, 5) is 14.1. The van der Waals surface area contributed by atoms with Crippen LogP contribution in [0.1, 0.15) is 42.9 Å². The summed E-state index contributed by atoms with van der Waals surface area (Å²) < 4.78 is 5.82. The van der Waals surface area contributed by atoms with E-state index in [1.165, 1.54) is 5.56 Å². The number of amides is 1. The van der Waals surface area contributed by atoms with Crippen molar-refractivity contribution in [3.63, 3.8) is 0 Å². The lowest BCUT2D eigenvalue weighted by Gasteiger charge is -2.20. The van der Waals surface area contributed by atoms with Crippen LogP contribution >= 0.6 is 0 Å². The van der Waals surface area contributed by atoms with Gasteiger partial charge in [-0.25, -0.2) is 0 Å². The standard InChI is InChI=1S/C21H27NO2/c1-5-16(2)19-12-8-9-13-20(19)24-15-21(23)22(4)14-18-11-7-6-10-17(18)3/h6-13,16H,5,14-15H2,1-4H3. The molecular weight excluding hydrogens is 298 g/mol. The van der Waals surface area contributed by atoms with Crippen molar-refractivity contribution in [2.45, 2.75) is 39.7 Å². The number of benzene rings is 2. The average molecular weight is 325 g/mol. The lowest BCUT2D eigenvalue weighted by molar-refractivity contribution is -0.132. The van der Waals surface area contributed by atoms with Gasteiger partial charge in [0.05, 0.1) is 0 Å². The van der Waals surface area contributed by atoms with Crippen molar-refractivity contribution in [2.75, 3.05) is 13.7 Å². The highest BCUT2D eigenvalue weighted by molar-refractivity contribution is 5.77. The summed E-state index contributed by atoms with van der Waals surface area (Å²) in [6.45, 7) is 7.06. The number of rotatable bonds is 7. The Labute approximate surface area is 145 Å². The molecule has 0 aliphatic carbocycles. The lowest BCUT2D eigenvalue weighted by atomic mass is 9.98. The Morgan fingerprint density at radius 1 is 1.12 bits per heavy atom. The van der Waals surface area contributed by atoms with Crippen LogP contribution in [0.25, 0.3) is 0 Å². The molecule has 0 saturated heterocycles. The number of ether oxygens (including phenoxy) is 1. The van der Waals surface area contributed by atoms with Crippen molar-refractivity contribution in [3.8, 4) is 5.75 Å². The van der Waals surface area contributed by atoms with Crippen LogP contribution in [0.15, 0.2) is 48.5 Å². The molecule has 2 aromatic carbocycles. The Bertz CT molecular complexity index is 681. The summed E-state index contributed by atoms with van der Waals surface area (Å²) in [5, 5.41) is 0. The minimum absolute atomic E-state index is 0.0165. The van der Waals surface area contributed by atoms with Crippen molar-refractivity contribution >= 4 is 5.91 Å². The van der Waals surface area contributed by atoms with E-state index in [4.69, 9.17) is 4.74 Å². The molecule has 0 bridgehead atoms. The van der Waals surface area contributed by atoms with Gasteiger partial charge >= 0.3 is 0 Å². The molecule has 128 valence electrons. The number of likely N-dealkylation sites (N-methyl/N-ethyl adjacent to an activating group) is 1. The maximum absolute atomic E-state index is 12.4. The van der Waals surface area contributed by atoms with E-state index in [2.05, 4.69) is 39.0 Å². The molecular formula is C21H27NO2. The van der Waals surface area contributed by atoms with Gasteiger partial charge in [0.2, 0.25) is 0 Å². The third kappa shape index (κ3) is 4.60. The summed E-state index contributed by atoms with van der Waals surface area (Å²) in [5.41, 5.74) is 3.52. The summed E-state index contributed by atoms with van der Waals surface area (Å²) in [7, 11) is 1.82. The summed E-state index contributed by atoms with van der Waals surface area (Å²) >= 11 is 0. The number of nitrogens with zero attached hydrogens (tertiary/aromatic N) is 1. The SMILES string of the molecule is CCC(C)c1ccccc1OCC(=O)N(C)Cc1ccccc1C. The maximum Gasteiger partial charge on any atom is 0.260 e. The van der Waals surface area contributed by atoms with E-state index in [1.807, 2.05) is 37.4 Å². The van der Waals surface area contributed by atoms with Gasteiger partial charge in [-0.2, -0.15) is 0 Å². The second kappa shape index (κ2) is 8.53. The van der Waals surface area contributed by atoms with Crippen molar-refractivity contribution in [3.05, 3.63) is 65.2 Å². The Morgan fingerprint density at radius 3 is 2.50 bits per heavy atom. The first-order valence-electron chi connectivity index (χ1n) is 8.53. The van der Waals surface area contributed by atoms with Gasteiger partial charge in [0.15, 0.2) is 6.61 Å². The Morgan fingerprint density at radius 2 is 1.79 bits per heavy atom. The van der Waals surface area contributed by atoms with E-state index in [-0.39, 0.29) is 12.5 Å². The molecule has 1 unspecified atom stereocenters. The zero-order chi connectivity index (χ0) is 17.5. The van der Waals surface area contributed by atoms with Gasteiger partial charge in [0, 0.05) is 13.6 Å². The molecule has 2 rings (SSSR count). The number of hydrogen-bond acceptors (Lipinski definition) is 2. The van der Waals surface area contributed by atoms with Crippen LogP contribution in [0.2, 0.25) is 0 Å². The van der Waals surface area contributed by atoms with E-state index < -0.39 is 0 Å². The highest BCUT2D eigenvalue weighted by atomic mass is 16.5. The van der Waals surface area contributed by atoms with Crippen LogP contribution in [0, 0.1) is 6.92 Å². The van der Waals surface area contributed by atoms with E-state index >= 15 is 0 Å². The molecule has 1 atom stereocenters. The number of hydrogen-bond donors (Lipinski definition) is 0. The number of para-hydroxylation sites is 1. The molecule has 0 heterocycles. The van der Waals surface area contributed by atoms with Gasteiger partial charge in [0.25, 0.3) is 5.91 Å². The third-order valence-electron chi connectivity index (χ3n) is 4.51. The molecule has 3 heteroatoms. The first-order valence-corrected chi connectivity index (χ1v) is 8.53. The van der Waals surface area contributed by atoms with Crippen molar-refractivity contribution < 1.29 is 9.53 Å². The second-order valence-electron chi connectivity index (χ2n) is 6.31. The Hall–Kier alpha value is -2.29. The normalized spacial score (nSPS) is 11.8. The smallest absolute Gasteiger partial charge is 0.260 e. The summed E-state index contributed by atoms with van der Waals surface area (Å²) in [6.07, 6.45) is 1.04. The van der Waals surface area contributed by atoms with Gasteiger partial charge in [-0.3, -0.25) is 4.79 Å². The fraction of sp³-hybridized carbons (Fsp3) is 0.381. The third-order valence-corrected chi connectivity index (χ3v) is 4.51. The molecule has 0 aromatic heterocycles. The highest BCUT2D eigenvalue weighted by Gasteiger charge is 2.14. The van der Waals surface area contributed by atoms with Crippen molar-refractivity contribution in [1.29, 1.82) is 0 Å². The van der Waals surface area contributed by atoms with Crippen LogP contribution in [0.3, 0.4) is 0 Å². The maximum atomic E-state index is 12.4. The fourth-order valence-corrected chi connectivity index (χ4v) is 2.62. The van der Waals surface area contributed by atoms with Crippen molar-refractivity contribution in [2.24, 2.45) is 0 Å². The molecule has 1 amide bonds. The summed E-state index contributed by atoms with van der Waals surface area (Å²) in [5.74, 6) is 1.21. The predicted octanol–water partition coefficient (Wildman–Crippen LogP) is 4.55. The van der Waals surface area contributed by atoms with Crippen LogP contribution in [-0.4, -0.2) is 24.5 Å². The van der Waals surface area contributed by atoms with Crippen LogP contribution < -0.4 is 4.74 Å². The molecule has 0 aliphatic rings. The minimum atomic E-state index is -0.0165. The van der Waals surface area contributed by atoms with Gasteiger partial charge < -0.3 is 9.64 Å². The lowest BCUT2D eigenvalue weighted by Crippen LogP contribution is -2.31. The van der Waals surface area contributed by atoms with E-state index in [0.29, 0.717) is 12.5 Å². The van der Waals surface area contributed by atoms with E-state index in [0.717, 1.165) is 23.3 Å². The highest BCUT2D eigenvalue weighted by Crippen LogP contribution is 2.28. The average Bonchev–Trinajstić information content (AvgIpc) is 2.61. The Balaban J connectivity index is 1.97. The van der Waals surface area contributed by atoms with Crippen molar-refractivity contribution in [1.82, 2.24) is 4.90 Å². The zero-order valence-electron chi connectivity index (χ0n) is 15.1. The number of carbonyl (C=O) groups excluding carboxylic acids is 1. The summed E-state index contributed by atoms with van der Waals surface area (Å²) in [6, 6.07) is 16.1. The second-order valence-corrected chi connectivity index (χ2v) is 6.31. The number of aryl methyl sites for hydroxylation is 1. The molecule has 0 aliphatic heterocycles. The molecule has 3 nitrogen and oxygen atoms in total. The topological polar surface area (TPSA) is 29.5 Å². The Kier molecular flexibility index (Phi) is 6.42. The van der Waals surface area contributed by atoms with Gasteiger partial charge in [-0.1, -0.05) is 56.3 Å². The quantitative estimate of drug-likeness (QED) is 0.747. The molecule has 0 N–H and O–H groups in total. The molecule has 0 fully saturated rings. The van der Waals surface area contributed by atoms with Crippen LogP contribution in [0.5, 0.6) is 5.75 Å². The molecule has 0 radical (unpaired) electrons. The molecule has 24 heavy (non-hydrogen) atoms. The first kappa shape index (κ1) is 18.1. The molecule has 2 aromatic rings. The van der Waals surface area contributed by atoms with Crippen LogP contribution in [-0.2, 0) is 11.3 Å². The largest absolute Gasteiger partial charge is 0.483 e. The molecule has 0 saturated carbocycles. The van der Waals surface area contributed by atoms with E-state index in [9.17, 15) is 4.79 Å². The first-order chi connectivity index (χ1) is 11.5. The van der Waals surface area contributed by atoms with Gasteiger partial charge in [-0.15, -0.1) is 0 Å². The predicted molar refractivity (Wildman–Crippen MR) is 98.3 cm³/mol. The van der Waals surface area contributed by atoms with Crippen LogP contribution in [0.4, 0.5) is 0 Å². The zero-order valence-corrected chi connectivity index (χ0v) is 15.1.